The molecule has 26 heavy (non-hydrogen) atoms. The molecule has 3 aromatic heterocycles. The van der Waals surface area contributed by atoms with Gasteiger partial charge in [0.2, 0.25) is 0 Å². The van der Waals surface area contributed by atoms with E-state index in [0.717, 1.165) is 37.9 Å². The summed E-state index contributed by atoms with van der Waals surface area (Å²) in [6.07, 6.45) is 0. The van der Waals surface area contributed by atoms with Crippen molar-refractivity contribution in [2.75, 3.05) is 0 Å². The van der Waals surface area contributed by atoms with Gasteiger partial charge in [-0.3, -0.25) is 9.36 Å². The van der Waals surface area contributed by atoms with E-state index >= 15 is 0 Å². The average molecular weight is 375 g/mol. The van der Waals surface area contributed by atoms with Crippen LogP contribution in [0.5, 0.6) is 0 Å². The standard InChI is InChI=1S/C20H13N3OS2/c1-11-13-9-5-6-10-14(13)21-18-15(11)16-17(26-18)19(24)23(20(25)22-16)12-7-3-2-4-8-12/h2-10H,1H3,(H,22,25). The molecule has 0 bridgehead atoms. The van der Waals surface area contributed by atoms with Crippen LogP contribution in [0.3, 0.4) is 0 Å². The number of aromatic amines is 1. The predicted octanol–water partition coefficient (Wildman–Crippen LogP) is 5.12. The number of H-pyrrole nitrogens is 1. The minimum absolute atomic E-state index is 0.110. The molecule has 0 unspecified atom stereocenters. The van der Waals surface area contributed by atoms with Crippen LogP contribution in [0.25, 0.3) is 37.0 Å². The molecular weight excluding hydrogens is 362 g/mol. The van der Waals surface area contributed by atoms with Crippen LogP contribution < -0.4 is 5.56 Å². The zero-order valence-corrected chi connectivity index (χ0v) is 15.4. The molecule has 0 amide bonds. The fraction of sp³-hybridized carbons (Fsp3) is 0.0500. The van der Waals surface area contributed by atoms with Gasteiger partial charge in [0.1, 0.15) is 9.53 Å². The molecule has 1 N–H and O–H groups in total. The highest BCUT2D eigenvalue weighted by molar-refractivity contribution is 7.71. The maximum absolute atomic E-state index is 13.2. The average Bonchev–Trinajstić information content (AvgIpc) is 3.02. The zero-order valence-electron chi connectivity index (χ0n) is 13.8. The SMILES string of the molecule is Cc1c2ccccc2nc2sc3c(=O)n(-c4ccccc4)c(=S)[nH]c3c12. The highest BCUT2D eigenvalue weighted by Gasteiger charge is 2.17. The van der Waals surface area contributed by atoms with Crippen molar-refractivity contribution < 1.29 is 0 Å². The normalized spacial score (nSPS) is 11.6. The first kappa shape index (κ1) is 15.4. The Bertz CT molecular complexity index is 1430. The minimum Gasteiger partial charge on any atom is -0.330 e. The first-order chi connectivity index (χ1) is 12.6. The minimum atomic E-state index is -0.110. The van der Waals surface area contributed by atoms with Crippen molar-refractivity contribution in [3.05, 3.63) is 75.3 Å². The molecule has 0 saturated carbocycles. The Morgan fingerprint density at radius 3 is 2.62 bits per heavy atom. The van der Waals surface area contributed by atoms with Gasteiger partial charge >= 0.3 is 0 Å². The first-order valence-electron chi connectivity index (χ1n) is 8.17. The fourth-order valence-corrected chi connectivity index (χ4v) is 4.83. The molecule has 0 aliphatic heterocycles. The first-order valence-corrected chi connectivity index (χ1v) is 9.40. The van der Waals surface area contributed by atoms with Gasteiger partial charge in [0.25, 0.3) is 5.56 Å². The number of nitrogens with zero attached hydrogens (tertiary/aromatic N) is 2. The maximum Gasteiger partial charge on any atom is 0.276 e. The van der Waals surface area contributed by atoms with Crippen molar-refractivity contribution in [3.8, 4) is 5.69 Å². The van der Waals surface area contributed by atoms with E-state index < -0.39 is 0 Å². The van der Waals surface area contributed by atoms with Crippen LogP contribution in [0.4, 0.5) is 0 Å². The van der Waals surface area contributed by atoms with Crippen LogP contribution in [-0.2, 0) is 0 Å². The molecule has 6 heteroatoms. The van der Waals surface area contributed by atoms with Gasteiger partial charge < -0.3 is 4.98 Å². The molecule has 4 nitrogen and oxygen atoms in total. The van der Waals surface area contributed by atoms with Crippen LogP contribution in [0.1, 0.15) is 5.56 Å². The summed E-state index contributed by atoms with van der Waals surface area (Å²) in [6, 6.07) is 17.5. The van der Waals surface area contributed by atoms with Gasteiger partial charge in [-0.05, 0) is 42.9 Å². The summed E-state index contributed by atoms with van der Waals surface area (Å²) in [5, 5.41) is 2.07. The largest absolute Gasteiger partial charge is 0.330 e. The number of pyridine rings is 1. The lowest BCUT2D eigenvalue weighted by atomic mass is 10.1. The van der Waals surface area contributed by atoms with E-state index in [0.29, 0.717) is 9.47 Å². The Balaban J connectivity index is 1.97. The summed E-state index contributed by atoms with van der Waals surface area (Å²) < 4.78 is 2.58. The number of para-hydroxylation sites is 2. The summed E-state index contributed by atoms with van der Waals surface area (Å²) in [7, 11) is 0. The van der Waals surface area contributed by atoms with Crippen LogP contribution >= 0.6 is 23.6 Å². The number of aromatic nitrogens is 3. The second-order valence-corrected chi connectivity index (χ2v) is 7.53. The molecule has 0 fully saturated rings. The summed E-state index contributed by atoms with van der Waals surface area (Å²) >= 11 is 6.92. The lowest BCUT2D eigenvalue weighted by Gasteiger charge is -2.07. The van der Waals surface area contributed by atoms with E-state index in [1.165, 1.54) is 11.3 Å². The van der Waals surface area contributed by atoms with Crippen molar-refractivity contribution >= 4 is 54.9 Å². The molecule has 0 aliphatic rings. The number of benzene rings is 2. The molecule has 0 aliphatic carbocycles. The fourth-order valence-electron chi connectivity index (χ4n) is 3.42. The highest BCUT2D eigenvalue weighted by Crippen LogP contribution is 2.35. The summed E-state index contributed by atoms with van der Waals surface area (Å²) in [5.41, 5.74) is 3.47. The van der Waals surface area contributed by atoms with Crippen LogP contribution in [0, 0.1) is 11.7 Å². The number of nitrogens with one attached hydrogen (secondary N) is 1. The van der Waals surface area contributed by atoms with Gasteiger partial charge in [-0.2, -0.15) is 0 Å². The monoisotopic (exact) mass is 375 g/mol. The lowest BCUT2D eigenvalue weighted by molar-refractivity contribution is 0.944. The Hall–Kier alpha value is -2.83. The zero-order chi connectivity index (χ0) is 17.8. The summed E-state index contributed by atoms with van der Waals surface area (Å²) in [6.45, 7) is 2.07. The molecule has 0 atom stereocenters. The Morgan fingerprint density at radius 1 is 1.08 bits per heavy atom. The predicted molar refractivity (Wildman–Crippen MR) is 110 cm³/mol. The van der Waals surface area contributed by atoms with Crippen molar-refractivity contribution in [1.29, 1.82) is 0 Å². The molecule has 0 radical (unpaired) electrons. The van der Waals surface area contributed by atoms with E-state index in [1.807, 2.05) is 48.5 Å². The molecule has 2 aromatic carbocycles. The third-order valence-corrected chi connectivity index (χ3v) is 6.00. The number of rotatable bonds is 1. The third kappa shape index (κ3) is 2.09. The quantitative estimate of drug-likeness (QED) is 0.414. The summed E-state index contributed by atoms with van der Waals surface area (Å²) in [5.74, 6) is 0. The second kappa shape index (κ2) is 5.59. The Morgan fingerprint density at radius 2 is 1.81 bits per heavy atom. The van der Waals surface area contributed by atoms with E-state index in [9.17, 15) is 4.79 Å². The van der Waals surface area contributed by atoms with Gasteiger partial charge in [0, 0.05) is 10.8 Å². The number of aryl methyl sites for hydroxylation is 1. The van der Waals surface area contributed by atoms with E-state index in [4.69, 9.17) is 17.2 Å². The van der Waals surface area contributed by atoms with Crippen LogP contribution in [0.2, 0.25) is 0 Å². The third-order valence-electron chi connectivity index (χ3n) is 4.64. The van der Waals surface area contributed by atoms with Gasteiger partial charge in [-0.1, -0.05) is 36.4 Å². The Labute approximate surface area is 157 Å². The van der Waals surface area contributed by atoms with Crippen LogP contribution in [-0.4, -0.2) is 14.5 Å². The number of fused-ring (bicyclic) bond motifs is 4. The topological polar surface area (TPSA) is 50.7 Å². The number of hydrogen-bond acceptors (Lipinski definition) is 4. The molecule has 126 valence electrons. The smallest absolute Gasteiger partial charge is 0.276 e. The molecule has 0 saturated heterocycles. The second-order valence-electron chi connectivity index (χ2n) is 6.15. The van der Waals surface area contributed by atoms with Gasteiger partial charge in [-0.25, -0.2) is 4.98 Å². The van der Waals surface area contributed by atoms with E-state index in [-0.39, 0.29) is 5.56 Å². The number of thiophene rings is 1. The molecule has 5 aromatic rings. The molecular formula is C20H13N3OS2. The lowest BCUT2D eigenvalue weighted by Crippen LogP contribution is -2.19. The highest BCUT2D eigenvalue weighted by atomic mass is 32.1. The molecule has 3 heterocycles. The van der Waals surface area contributed by atoms with Crippen molar-refractivity contribution in [1.82, 2.24) is 14.5 Å². The van der Waals surface area contributed by atoms with Crippen molar-refractivity contribution in [2.24, 2.45) is 0 Å². The molecule has 5 rings (SSSR count). The van der Waals surface area contributed by atoms with Gasteiger partial charge in [0.05, 0.1) is 16.7 Å². The van der Waals surface area contributed by atoms with Crippen LogP contribution in [0.15, 0.2) is 59.4 Å². The van der Waals surface area contributed by atoms with E-state index in [2.05, 4.69) is 18.0 Å². The van der Waals surface area contributed by atoms with Gasteiger partial charge in [-0.15, -0.1) is 11.3 Å². The number of hydrogen-bond donors (Lipinski definition) is 1. The molecule has 0 spiro atoms. The van der Waals surface area contributed by atoms with E-state index in [1.54, 1.807) is 4.57 Å². The summed E-state index contributed by atoms with van der Waals surface area (Å²) in [4.78, 5) is 22.1. The Kier molecular flexibility index (Phi) is 3.32. The van der Waals surface area contributed by atoms with Gasteiger partial charge in [0.15, 0.2) is 4.77 Å². The van der Waals surface area contributed by atoms with Crippen molar-refractivity contribution in [2.45, 2.75) is 6.92 Å². The van der Waals surface area contributed by atoms with Crippen molar-refractivity contribution in [3.63, 3.8) is 0 Å². The maximum atomic E-state index is 13.2.